The number of methoxy groups -OCH3 is 1. The number of nitrogens with zero attached hydrogens (tertiary/aromatic N) is 3. The minimum atomic E-state index is -0.563. The van der Waals surface area contributed by atoms with Crippen LogP contribution in [-0.2, 0) is 4.74 Å². The molecule has 0 atom stereocenters. The first kappa shape index (κ1) is 17.1. The van der Waals surface area contributed by atoms with Crippen LogP contribution in [0.1, 0.15) is 6.42 Å². The van der Waals surface area contributed by atoms with E-state index in [1.807, 2.05) is 0 Å². The molecule has 0 aliphatic heterocycles. The van der Waals surface area contributed by atoms with Gasteiger partial charge in [0, 0.05) is 24.7 Å². The Kier molecular flexibility index (Phi) is 6.24. The standard InChI is InChI=1S/C14H15BrN4O4/c1-22-8-2-7-16-13-12(19(20)21)14(18-9-17-13)23-11-5-3-10(15)4-6-11/h3-6,9H,2,7-8H2,1H3,(H,16,17,18). The minimum absolute atomic E-state index is 0.110. The molecular formula is C14H15BrN4O4. The van der Waals surface area contributed by atoms with Crippen molar-refractivity contribution in [2.24, 2.45) is 0 Å². The summed E-state index contributed by atoms with van der Waals surface area (Å²) >= 11 is 3.31. The molecule has 0 bridgehead atoms. The van der Waals surface area contributed by atoms with Gasteiger partial charge in [0.2, 0.25) is 5.82 Å². The number of anilines is 1. The van der Waals surface area contributed by atoms with Crippen LogP contribution in [0, 0.1) is 10.1 Å². The molecule has 0 spiro atoms. The highest BCUT2D eigenvalue weighted by molar-refractivity contribution is 9.10. The highest BCUT2D eigenvalue weighted by Gasteiger charge is 2.24. The Morgan fingerprint density at radius 3 is 2.70 bits per heavy atom. The Balaban J connectivity index is 2.21. The largest absolute Gasteiger partial charge is 0.434 e. The van der Waals surface area contributed by atoms with E-state index in [-0.39, 0.29) is 17.4 Å². The van der Waals surface area contributed by atoms with Gasteiger partial charge in [-0.25, -0.2) is 4.98 Å². The molecule has 1 aromatic heterocycles. The van der Waals surface area contributed by atoms with E-state index in [2.05, 4.69) is 31.2 Å². The first-order valence-corrected chi connectivity index (χ1v) is 7.56. The first-order chi connectivity index (χ1) is 11.1. The van der Waals surface area contributed by atoms with Gasteiger partial charge in [0.1, 0.15) is 12.1 Å². The molecule has 0 amide bonds. The van der Waals surface area contributed by atoms with Gasteiger partial charge in [-0.2, -0.15) is 4.98 Å². The highest BCUT2D eigenvalue weighted by atomic mass is 79.9. The Labute approximate surface area is 141 Å². The van der Waals surface area contributed by atoms with E-state index < -0.39 is 4.92 Å². The van der Waals surface area contributed by atoms with Crippen molar-refractivity contribution in [1.82, 2.24) is 9.97 Å². The summed E-state index contributed by atoms with van der Waals surface area (Å²) in [7, 11) is 1.59. The van der Waals surface area contributed by atoms with Crippen LogP contribution in [0.5, 0.6) is 11.6 Å². The molecule has 23 heavy (non-hydrogen) atoms. The monoisotopic (exact) mass is 382 g/mol. The van der Waals surface area contributed by atoms with E-state index in [9.17, 15) is 10.1 Å². The number of benzene rings is 1. The number of hydrogen-bond acceptors (Lipinski definition) is 7. The lowest BCUT2D eigenvalue weighted by molar-refractivity contribution is -0.385. The number of nitrogens with one attached hydrogen (secondary N) is 1. The lowest BCUT2D eigenvalue weighted by atomic mass is 10.3. The van der Waals surface area contributed by atoms with Crippen molar-refractivity contribution in [3.05, 3.63) is 45.2 Å². The van der Waals surface area contributed by atoms with Crippen LogP contribution in [0.3, 0.4) is 0 Å². The molecule has 2 rings (SSSR count). The van der Waals surface area contributed by atoms with E-state index in [4.69, 9.17) is 9.47 Å². The van der Waals surface area contributed by atoms with Crippen molar-refractivity contribution >= 4 is 27.4 Å². The summed E-state index contributed by atoms with van der Waals surface area (Å²) in [5, 5.41) is 14.3. The van der Waals surface area contributed by atoms with Crippen LogP contribution in [0.4, 0.5) is 11.5 Å². The number of halogens is 1. The Morgan fingerprint density at radius 1 is 1.30 bits per heavy atom. The van der Waals surface area contributed by atoms with Crippen molar-refractivity contribution in [3.63, 3.8) is 0 Å². The molecule has 1 aromatic carbocycles. The van der Waals surface area contributed by atoms with E-state index in [1.54, 1.807) is 31.4 Å². The molecule has 8 nitrogen and oxygen atoms in total. The first-order valence-electron chi connectivity index (χ1n) is 6.77. The second kappa shape index (κ2) is 8.39. The minimum Gasteiger partial charge on any atom is -0.434 e. The third kappa shape index (κ3) is 4.86. The maximum atomic E-state index is 11.3. The lowest BCUT2D eigenvalue weighted by Crippen LogP contribution is -2.09. The fourth-order valence-electron chi connectivity index (χ4n) is 1.77. The number of nitro groups is 1. The normalized spacial score (nSPS) is 10.3. The van der Waals surface area contributed by atoms with Gasteiger partial charge in [-0.1, -0.05) is 15.9 Å². The SMILES string of the molecule is COCCCNc1ncnc(Oc2ccc(Br)cc2)c1[N+](=O)[O-]. The van der Waals surface area contributed by atoms with Gasteiger partial charge in [0.25, 0.3) is 0 Å². The average molecular weight is 383 g/mol. The second-order valence-corrected chi connectivity index (χ2v) is 5.38. The van der Waals surface area contributed by atoms with Crippen LogP contribution >= 0.6 is 15.9 Å². The van der Waals surface area contributed by atoms with Crippen molar-refractivity contribution < 1.29 is 14.4 Å². The quantitative estimate of drug-likeness (QED) is 0.424. The van der Waals surface area contributed by atoms with E-state index in [0.29, 0.717) is 25.3 Å². The summed E-state index contributed by atoms with van der Waals surface area (Å²) < 4.78 is 11.3. The highest BCUT2D eigenvalue weighted by Crippen LogP contribution is 2.34. The summed E-state index contributed by atoms with van der Waals surface area (Å²) in [5.74, 6) is 0.454. The van der Waals surface area contributed by atoms with Crippen LogP contribution in [-0.4, -0.2) is 35.2 Å². The topological polar surface area (TPSA) is 99.4 Å². The molecule has 0 unspecified atom stereocenters. The predicted octanol–water partition coefficient (Wildman–Crippen LogP) is 3.39. The van der Waals surface area contributed by atoms with Crippen LogP contribution in [0.15, 0.2) is 35.1 Å². The molecule has 2 aromatic rings. The van der Waals surface area contributed by atoms with Crippen LogP contribution in [0.2, 0.25) is 0 Å². The Bertz CT molecular complexity index is 666. The zero-order valence-electron chi connectivity index (χ0n) is 12.4. The zero-order chi connectivity index (χ0) is 16.7. The van der Waals surface area contributed by atoms with Gasteiger partial charge in [-0.3, -0.25) is 10.1 Å². The molecule has 0 aliphatic carbocycles. The Hall–Kier alpha value is -2.26. The third-order valence-electron chi connectivity index (χ3n) is 2.82. The van der Waals surface area contributed by atoms with E-state index >= 15 is 0 Å². The van der Waals surface area contributed by atoms with E-state index in [1.165, 1.54) is 6.33 Å². The molecule has 0 aliphatic rings. The number of rotatable bonds is 8. The number of hydrogen-bond donors (Lipinski definition) is 1. The summed E-state index contributed by atoms with van der Waals surface area (Å²) in [6.07, 6.45) is 1.92. The smallest absolute Gasteiger partial charge is 0.373 e. The maximum Gasteiger partial charge on any atom is 0.373 e. The zero-order valence-corrected chi connectivity index (χ0v) is 13.9. The molecule has 1 N–H and O–H groups in total. The van der Waals surface area contributed by atoms with Crippen LogP contribution < -0.4 is 10.1 Å². The summed E-state index contributed by atoms with van der Waals surface area (Å²) in [6.45, 7) is 1.04. The number of aromatic nitrogens is 2. The molecule has 122 valence electrons. The predicted molar refractivity (Wildman–Crippen MR) is 87.9 cm³/mol. The molecule has 1 heterocycles. The van der Waals surface area contributed by atoms with Crippen molar-refractivity contribution in [3.8, 4) is 11.6 Å². The van der Waals surface area contributed by atoms with E-state index in [0.717, 1.165) is 4.47 Å². The fourth-order valence-corrected chi connectivity index (χ4v) is 2.03. The molecule has 0 saturated carbocycles. The van der Waals surface area contributed by atoms with Gasteiger partial charge in [0.05, 0.1) is 4.92 Å². The summed E-state index contributed by atoms with van der Waals surface area (Å²) in [5.41, 5.74) is -0.298. The van der Waals surface area contributed by atoms with Gasteiger partial charge in [-0.05, 0) is 30.7 Å². The maximum absolute atomic E-state index is 11.3. The van der Waals surface area contributed by atoms with Gasteiger partial charge < -0.3 is 14.8 Å². The van der Waals surface area contributed by atoms with Crippen molar-refractivity contribution in [2.75, 3.05) is 25.6 Å². The van der Waals surface area contributed by atoms with Gasteiger partial charge >= 0.3 is 11.6 Å². The second-order valence-electron chi connectivity index (χ2n) is 4.46. The fraction of sp³-hybridized carbons (Fsp3) is 0.286. The van der Waals surface area contributed by atoms with Crippen molar-refractivity contribution in [1.29, 1.82) is 0 Å². The summed E-state index contributed by atoms with van der Waals surface area (Å²) in [6, 6.07) is 6.90. The Morgan fingerprint density at radius 2 is 2.04 bits per heavy atom. The third-order valence-corrected chi connectivity index (χ3v) is 3.35. The molecule has 0 saturated heterocycles. The summed E-state index contributed by atoms with van der Waals surface area (Å²) in [4.78, 5) is 18.6. The molecule has 0 fully saturated rings. The van der Waals surface area contributed by atoms with Gasteiger partial charge in [0.15, 0.2) is 0 Å². The lowest BCUT2D eigenvalue weighted by Gasteiger charge is -2.09. The molecule has 0 radical (unpaired) electrons. The molecule has 9 heteroatoms. The average Bonchev–Trinajstić information content (AvgIpc) is 2.53. The van der Waals surface area contributed by atoms with Crippen molar-refractivity contribution in [2.45, 2.75) is 6.42 Å². The van der Waals surface area contributed by atoms with Gasteiger partial charge in [-0.15, -0.1) is 0 Å². The molecular weight excluding hydrogens is 368 g/mol. The number of ether oxygens (including phenoxy) is 2. The van der Waals surface area contributed by atoms with Crippen LogP contribution in [0.25, 0.3) is 0 Å².